The molecule has 3 N–H and O–H groups in total. The van der Waals surface area contributed by atoms with Crippen molar-refractivity contribution < 1.29 is 23.8 Å². The predicted octanol–water partition coefficient (Wildman–Crippen LogP) is 4.08. The molecule has 7 heteroatoms. The summed E-state index contributed by atoms with van der Waals surface area (Å²) in [6.45, 7) is 2.47. The molecule has 0 fully saturated rings. The molecule has 2 heterocycles. The Bertz CT molecular complexity index is 1180. The van der Waals surface area contributed by atoms with E-state index < -0.39 is 5.97 Å². The molecule has 32 heavy (non-hydrogen) atoms. The Kier molecular flexibility index (Phi) is 6.89. The fraction of sp³-hybridized carbons (Fsp3) is 0.240. The van der Waals surface area contributed by atoms with Gasteiger partial charge in [0.2, 0.25) is 5.76 Å². The van der Waals surface area contributed by atoms with Crippen molar-refractivity contribution in [2.45, 2.75) is 19.6 Å². The lowest BCUT2D eigenvalue weighted by molar-refractivity contribution is 0.0660. The molecule has 0 saturated carbocycles. The van der Waals surface area contributed by atoms with E-state index in [2.05, 4.69) is 0 Å². The zero-order valence-electron chi connectivity index (χ0n) is 17.7. The highest BCUT2D eigenvalue weighted by molar-refractivity contribution is 5.86. The van der Waals surface area contributed by atoms with E-state index >= 15 is 0 Å². The van der Waals surface area contributed by atoms with Gasteiger partial charge < -0.3 is 29.3 Å². The normalized spacial score (nSPS) is 11.2. The molecule has 166 valence electrons. The maximum Gasteiger partial charge on any atom is 0.371 e. The van der Waals surface area contributed by atoms with Crippen LogP contribution in [0.1, 0.15) is 27.4 Å². The minimum atomic E-state index is -1.08. The zero-order chi connectivity index (χ0) is 22.3. The van der Waals surface area contributed by atoms with Crippen LogP contribution >= 0.6 is 0 Å². The predicted molar refractivity (Wildman–Crippen MR) is 121 cm³/mol. The van der Waals surface area contributed by atoms with Crippen LogP contribution in [0.4, 0.5) is 0 Å². The number of furan rings is 1. The van der Waals surface area contributed by atoms with Gasteiger partial charge in [-0.2, -0.15) is 0 Å². The number of hydrogen-bond donors (Lipinski definition) is 2. The quantitative estimate of drug-likeness (QED) is 0.345. The van der Waals surface area contributed by atoms with Crippen LogP contribution in [0, 0.1) is 0 Å². The van der Waals surface area contributed by atoms with Gasteiger partial charge in [0.25, 0.3) is 0 Å². The number of rotatable bonds is 11. The number of carboxylic acids is 1. The highest BCUT2D eigenvalue weighted by Crippen LogP contribution is 2.27. The van der Waals surface area contributed by atoms with Gasteiger partial charge in [0, 0.05) is 17.1 Å². The van der Waals surface area contributed by atoms with Gasteiger partial charge in [-0.1, -0.05) is 30.3 Å². The smallest absolute Gasteiger partial charge is 0.371 e. The first-order valence-corrected chi connectivity index (χ1v) is 10.5. The van der Waals surface area contributed by atoms with E-state index in [1.165, 1.54) is 6.07 Å². The van der Waals surface area contributed by atoms with Crippen molar-refractivity contribution in [2.24, 2.45) is 5.73 Å². The number of aromatic carboxylic acids is 1. The minimum absolute atomic E-state index is 0.0659. The van der Waals surface area contributed by atoms with Gasteiger partial charge in [0.15, 0.2) is 0 Å². The SMILES string of the molecule is NCCc1cn(Cc2ccc(C(=O)O)o2)c2ccc(OCCOCc3ccccc3)cc12. The van der Waals surface area contributed by atoms with Gasteiger partial charge in [-0.15, -0.1) is 0 Å². The molecule has 4 aromatic rings. The number of ether oxygens (including phenoxy) is 2. The van der Waals surface area contributed by atoms with Gasteiger partial charge >= 0.3 is 5.97 Å². The molecule has 4 rings (SSSR count). The summed E-state index contributed by atoms with van der Waals surface area (Å²) in [7, 11) is 0. The Balaban J connectivity index is 1.42. The van der Waals surface area contributed by atoms with Crippen molar-refractivity contribution in [1.82, 2.24) is 4.57 Å². The second-order valence-corrected chi connectivity index (χ2v) is 7.46. The van der Waals surface area contributed by atoms with Gasteiger partial charge in [-0.05, 0) is 54.4 Å². The van der Waals surface area contributed by atoms with Crippen molar-refractivity contribution in [3.63, 3.8) is 0 Å². The number of carbonyl (C=O) groups is 1. The molecule has 0 aliphatic heterocycles. The topological polar surface area (TPSA) is 99.9 Å². The molecule has 0 radical (unpaired) electrons. The molecule has 0 bridgehead atoms. The van der Waals surface area contributed by atoms with Gasteiger partial charge in [0.1, 0.15) is 18.1 Å². The molecule has 0 spiro atoms. The maximum absolute atomic E-state index is 11.1. The fourth-order valence-electron chi connectivity index (χ4n) is 3.65. The Hall–Kier alpha value is -3.55. The molecular formula is C25H26N2O5. The highest BCUT2D eigenvalue weighted by Gasteiger charge is 2.13. The number of fused-ring (bicyclic) bond motifs is 1. The van der Waals surface area contributed by atoms with Gasteiger partial charge in [-0.3, -0.25) is 0 Å². The van der Waals surface area contributed by atoms with Crippen LogP contribution in [0.25, 0.3) is 10.9 Å². The summed E-state index contributed by atoms with van der Waals surface area (Å²) in [5.74, 6) is 0.202. The highest BCUT2D eigenvalue weighted by atomic mass is 16.5. The van der Waals surface area contributed by atoms with E-state index in [0.29, 0.717) is 38.7 Å². The molecular weight excluding hydrogens is 408 g/mol. The van der Waals surface area contributed by atoms with Crippen LogP contribution < -0.4 is 10.5 Å². The molecule has 2 aromatic carbocycles. The minimum Gasteiger partial charge on any atom is -0.491 e. The molecule has 2 aromatic heterocycles. The lowest BCUT2D eigenvalue weighted by Crippen LogP contribution is -2.06. The summed E-state index contributed by atoms with van der Waals surface area (Å²) >= 11 is 0. The summed E-state index contributed by atoms with van der Waals surface area (Å²) in [6.07, 6.45) is 2.76. The Morgan fingerprint density at radius 3 is 2.66 bits per heavy atom. The van der Waals surface area contributed by atoms with Crippen LogP contribution in [-0.4, -0.2) is 35.4 Å². The molecule has 7 nitrogen and oxygen atoms in total. The van der Waals surface area contributed by atoms with Crippen LogP contribution in [0.15, 0.2) is 71.3 Å². The van der Waals surface area contributed by atoms with Crippen LogP contribution in [0.5, 0.6) is 5.75 Å². The Morgan fingerprint density at radius 1 is 1.06 bits per heavy atom. The standard InChI is InChI=1S/C25H26N2O5/c26-11-10-19-15-27(16-21-7-9-24(32-21)25(28)29)23-8-6-20(14-22(19)23)31-13-12-30-17-18-4-2-1-3-5-18/h1-9,14-15H,10-13,16-17,26H2,(H,28,29). The lowest BCUT2D eigenvalue weighted by Gasteiger charge is -2.09. The summed E-state index contributed by atoms with van der Waals surface area (Å²) in [5.41, 5.74) is 9.06. The van der Waals surface area contributed by atoms with Crippen LogP contribution in [0.3, 0.4) is 0 Å². The fourth-order valence-corrected chi connectivity index (χ4v) is 3.65. The Morgan fingerprint density at radius 2 is 1.91 bits per heavy atom. The van der Waals surface area contributed by atoms with Crippen molar-refractivity contribution in [3.05, 3.63) is 89.5 Å². The maximum atomic E-state index is 11.1. The number of carboxylic acid groups (broad SMARTS) is 1. The van der Waals surface area contributed by atoms with Gasteiger partial charge in [-0.25, -0.2) is 4.79 Å². The summed E-state index contributed by atoms with van der Waals surface area (Å²) in [6, 6.07) is 19.1. The summed E-state index contributed by atoms with van der Waals surface area (Å²) < 4.78 is 19.0. The van der Waals surface area contributed by atoms with E-state index in [1.807, 2.05) is 59.3 Å². The molecule has 0 aliphatic carbocycles. The molecule has 0 amide bonds. The number of hydrogen-bond acceptors (Lipinski definition) is 5. The third kappa shape index (κ3) is 5.19. The molecule has 0 saturated heterocycles. The lowest BCUT2D eigenvalue weighted by atomic mass is 10.1. The monoisotopic (exact) mass is 434 g/mol. The van der Waals surface area contributed by atoms with E-state index in [4.69, 9.17) is 24.7 Å². The molecule has 0 atom stereocenters. The van der Waals surface area contributed by atoms with Crippen molar-refractivity contribution in [2.75, 3.05) is 19.8 Å². The third-order valence-electron chi connectivity index (χ3n) is 5.16. The van der Waals surface area contributed by atoms with E-state index in [1.54, 1.807) is 6.07 Å². The average molecular weight is 434 g/mol. The number of benzene rings is 2. The van der Waals surface area contributed by atoms with E-state index in [0.717, 1.165) is 34.2 Å². The second kappa shape index (κ2) is 10.2. The van der Waals surface area contributed by atoms with Crippen LogP contribution in [0.2, 0.25) is 0 Å². The number of nitrogens with zero attached hydrogens (tertiary/aromatic N) is 1. The first-order chi connectivity index (χ1) is 15.6. The zero-order valence-corrected chi connectivity index (χ0v) is 17.7. The first kappa shape index (κ1) is 21.7. The third-order valence-corrected chi connectivity index (χ3v) is 5.16. The number of aromatic nitrogens is 1. The average Bonchev–Trinajstić information content (AvgIpc) is 3.40. The van der Waals surface area contributed by atoms with E-state index in [9.17, 15) is 4.79 Å². The van der Waals surface area contributed by atoms with Crippen molar-refractivity contribution in [3.8, 4) is 5.75 Å². The van der Waals surface area contributed by atoms with E-state index in [-0.39, 0.29) is 5.76 Å². The van der Waals surface area contributed by atoms with Gasteiger partial charge in [0.05, 0.1) is 19.8 Å². The molecule has 0 aliphatic rings. The molecule has 0 unspecified atom stereocenters. The first-order valence-electron chi connectivity index (χ1n) is 10.5. The van der Waals surface area contributed by atoms with Crippen molar-refractivity contribution >= 4 is 16.9 Å². The summed E-state index contributed by atoms with van der Waals surface area (Å²) in [5, 5.41) is 10.1. The Labute approximate surface area is 186 Å². The number of nitrogens with two attached hydrogens (primary N) is 1. The largest absolute Gasteiger partial charge is 0.491 e. The van der Waals surface area contributed by atoms with Crippen LogP contribution in [-0.2, 0) is 24.3 Å². The van der Waals surface area contributed by atoms with Crippen molar-refractivity contribution in [1.29, 1.82) is 0 Å². The second-order valence-electron chi connectivity index (χ2n) is 7.46. The summed E-state index contributed by atoms with van der Waals surface area (Å²) in [4.78, 5) is 11.1.